The van der Waals surface area contributed by atoms with E-state index < -0.39 is 52.6 Å². The summed E-state index contributed by atoms with van der Waals surface area (Å²) >= 11 is 0. The Morgan fingerprint density at radius 2 is 1.67 bits per heavy atom. The molecule has 1 atom stereocenters. The van der Waals surface area contributed by atoms with Crippen LogP contribution in [0.4, 0.5) is 17.6 Å². The van der Waals surface area contributed by atoms with Gasteiger partial charge in [-0.3, -0.25) is 18.8 Å². The number of fused-ring (bicyclic) bond motifs is 2. The molecule has 1 spiro atoms. The number of likely N-dealkylation sites (tertiary alicyclic amines) is 1. The summed E-state index contributed by atoms with van der Waals surface area (Å²) in [7, 11) is 1.61. The number of alkyl halides is 3. The number of benzene rings is 3. The molecule has 0 unspecified atom stereocenters. The third-order valence-electron chi connectivity index (χ3n) is 9.03. The molecular formula is C34H34F4N4O4. The molecule has 2 N–H and O–H groups in total. The molecule has 1 fully saturated rings. The number of rotatable bonds is 8. The van der Waals surface area contributed by atoms with Gasteiger partial charge in [0.1, 0.15) is 17.2 Å². The quantitative estimate of drug-likeness (QED) is 0.275. The first-order chi connectivity index (χ1) is 22.0. The van der Waals surface area contributed by atoms with Gasteiger partial charge in [0, 0.05) is 31.2 Å². The third kappa shape index (κ3) is 6.00. The molecule has 0 amide bonds. The summed E-state index contributed by atoms with van der Waals surface area (Å²) in [6.07, 6.45) is -4.03. The zero-order chi connectivity index (χ0) is 32.6. The Balaban J connectivity index is 1.40. The lowest BCUT2D eigenvalue weighted by Gasteiger charge is -2.39. The number of nitrogens with zero attached hydrogens (tertiary/aromatic N) is 3. The first-order valence-corrected chi connectivity index (χ1v) is 15.0. The zero-order valence-electron chi connectivity index (χ0n) is 25.2. The van der Waals surface area contributed by atoms with Crippen molar-refractivity contribution >= 4 is 0 Å². The maximum absolute atomic E-state index is 15.0. The highest BCUT2D eigenvalue weighted by Gasteiger charge is 2.47. The number of nitrogens with two attached hydrogens (primary N) is 1. The molecule has 1 aromatic heterocycles. The number of halogens is 4. The van der Waals surface area contributed by atoms with E-state index in [9.17, 15) is 22.8 Å². The second-order valence-corrected chi connectivity index (χ2v) is 11.8. The minimum absolute atomic E-state index is 0.164. The van der Waals surface area contributed by atoms with Crippen LogP contribution in [-0.2, 0) is 42.8 Å². The van der Waals surface area contributed by atoms with Gasteiger partial charge in [-0.1, -0.05) is 48.5 Å². The first kappa shape index (κ1) is 31.7. The molecule has 0 radical (unpaired) electrons. The average Bonchev–Trinajstić information content (AvgIpc) is 3.41. The van der Waals surface area contributed by atoms with Crippen LogP contribution in [0.15, 0.2) is 82.4 Å². The molecule has 2 aliphatic rings. The van der Waals surface area contributed by atoms with Gasteiger partial charge in [-0.25, -0.2) is 9.18 Å². The van der Waals surface area contributed by atoms with Crippen LogP contribution in [-0.4, -0.2) is 34.2 Å². The molecule has 2 aliphatic heterocycles. The summed E-state index contributed by atoms with van der Waals surface area (Å²) in [4.78, 5) is 30.4. The van der Waals surface area contributed by atoms with Crippen LogP contribution in [0.5, 0.6) is 5.75 Å². The smallest absolute Gasteiger partial charge is 0.416 e. The van der Waals surface area contributed by atoms with E-state index in [1.54, 1.807) is 37.4 Å². The lowest BCUT2D eigenvalue weighted by molar-refractivity contribution is -0.138. The Morgan fingerprint density at radius 1 is 0.957 bits per heavy atom. The Labute approximate surface area is 262 Å². The van der Waals surface area contributed by atoms with Crippen molar-refractivity contribution in [1.29, 1.82) is 0 Å². The summed E-state index contributed by atoms with van der Waals surface area (Å²) in [5.41, 5.74) is 4.14. The third-order valence-corrected chi connectivity index (χ3v) is 9.03. The van der Waals surface area contributed by atoms with Crippen LogP contribution in [0.1, 0.15) is 52.4 Å². The summed E-state index contributed by atoms with van der Waals surface area (Å²) < 4.78 is 70.6. The van der Waals surface area contributed by atoms with E-state index >= 15 is 4.39 Å². The molecule has 0 saturated carbocycles. The predicted molar refractivity (Wildman–Crippen MR) is 163 cm³/mol. The number of hydrogen-bond acceptors (Lipinski definition) is 6. The van der Waals surface area contributed by atoms with E-state index in [2.05, 4.69) is 4.90 Å². The Kier molecular flexibility index (Phi) is 8.62. The van der Waals surface area contributed by atoms with Gasteiger partial charge < -0.3 is 15.2 Å². The average molecular weight is 639 g/mol. The molecule has 0 aliphatic carbocycles. The zero-order valence-corrected chi connectivity index (χ0v) is 25.2. The van der Waals surface area contributed by atoms with Crippen LogP contribution in [0.25, 0.3) is 0 Å². The molecular weight excluding hydrogens is 604 g/mol. The van der Waals surface area contributed by atoms with Gasteiger partial charge in [0.25, 0.3) is 5.56 Å². The SMILES string of the molecule is COc1cccc(CN2CCC3(CC2)OCc2c3c(=O)n(C[C@H](N)c3ccccc3)c(=O)n2Cc2c(F)cccc2C(F)(F)F)c1. The highest BCUT2D eigenvalue weighted by molar-refractivity contribution is 5.35. The Morgan fingerprint density at radius 3 is 2.37 bits per heavy atom. The monoisotopic (exact) mass is 638 g/mol. The standard InChI is InChI=1S/C34H34F4N4O4/c1-45-24-10-5-7-22(17-24)18-40-15-13-33(14-16-40)30-29(21-46-33)41(19-25-26(34(36,37)38)11-6-12-27(25)35)32(44)42(31(30)43)20-28(39)23-8-3-2-4-9-23/h2-12,17,28H,13-16,18-21,39H2,1H3/t28-/m0/s1. The molecule has 6 rings (SSSR count). The fourth-order valence-corrected chi connectivity index (χ4v) is 6.59. The number of ether oxygens (including phenoxy) is 2. The van der Waals surface area contributed by atoms with Gasteiger partial charge in [0.2, 0.25) is 0 Å². The molecule has 3 aromatic carbocycles. The van der Waals surface area contributed by atoms with Gasteiger partial charge in [-0.05, 0) is 48.2 Å². The lowest BCUT2D eigenvalue weighted by atomic mass is 9.85. The summed E-state index contributed by atoms with van der Waals surface area (Å²) in [6, 6.07) is 18.5. The van der Waals surface area contributed by atoms with Gasteiger partial charge in [-0.15, -0.1) is 0 Å². The van der Waals surface area contributed by atoms with Crippen molar-refractivity contribution in [2.45, 2.75) is 56.9 Å². The fraction of sp³-hybridized carbons (Fsp3) is 0.353. The topological polar surface area (TPSA) is 91.7 Å². The summed E-state index contributed by atoms with van der Waals surface area (Å²) in [6.45, 7) is 0.635. The molecule has 0 bridgehead atoms. The minimum atomic E-state index is -4.86. The molecule has 1 saturated heterocycles. The second kappa shape index (κ2) is 12.5. The van der Waals surface area contributed by atoms with Crippen LogP contribution >= 0.6 is 0 Å². The number of aromatic nitrogens is 2. The maximum atomic E-state index is 15.0. The predicted octanol–water partition coefficient (Wildman–Crippen LogP) is 4.95. The van der Waals surface area contributed by atoms with Gasteiger partial charge in [0.05, 0.1) is 43.6 Å². The fourth-order valence-electron chi connectivity index (χ4n) is 6.59. The first-order valence-electron chi connectivity index (χ1n) is 15.0. The number of piperidine rings is 1. The van der Waals surface area contributed by atoms with E-state index in [0.29, 0.717) is 38.0 Å². The van der Waals surface area contributed by atoms with Crippen molar-refractivity contribution in [3.8, 4) is 5.75 Å². The van der Waals surface area contributed by atoms with Gasteiger partial charge in [0.15, 0.2) is 0 Å². The van der Waals surface area contributed by atoms with E-state index in [0.717, 1.165) is 38.6 Å². The normalized spacial score (nSPS) is 16.8. The number of hydrogen-bond donors (Lipinski definition) is 1. The second-order valence-electron chi connectivity index (χ2n) is 11.8. The maximum Gasteiger partial charge on any atom is 0.416 e. The van der Waals surface area contributed by atoms with Gasteiger partial charge >= 0.3 is 11.9 Å². The van der Waals surface area contributed by atoms with Crippen molar-refractivity contribution in [1.82, 2.24) is 14.0 Å². The minimum Gasteiger partial charge on any atom is -0.497 e. The van der Waals surface area contributed by atoms with E-state index in [4.69, 9.17) is 15.2 Å². The lowest BCUT2D eigenvalue weighted by Crippen LogP contribution is -2.49. The summed E-state index contributed by atoms with van der Waals surface area (Å²) in [5, 5.41) is 0. The molecule has 4 aromatic rings. The van der Waals surface area contributed by atoms with Crippen LogP contribution in [0.2, 0.25) is 0 Å². The Hall–Kier alpha value is -4.26. The molecule has 242 valence electrons. The van der Waals surface area contributed by atoms with Crippen LogP contribution in [0.3, 0.4) is 0 Å². The van der Waals surface area contributed by atoms with Crippen LogP contribution in [0, 0.1) is 5.82 Å². The van der Waals surface area contributed by atoms with Crippen molar-refractivity contribution in [2.24, 2.45) is 5.73 Å². The Bertz CT molecular complexity index is 1850. The number of methoxy groups -OCH3 is 1. The van der Waals surface area contributed by atoms with Crippen LogP contribution < -0.4 is 21.7 Å². The molecule has 8 nitrogen and oxygen atoms in total. The molecule has 3 heterocycles. The van der Waals surface area contributed by atoms with E-state index in [-0.39, 0.29) is 24.4 Å². The van der Waals surface area contributed by atoms with Crippen molar-refractivity contribution in [3.05, 3.63) is 133 Å². The van der Waals surface area contributed by atoms with E-state index in [1.807, 2.05) is 24.3 Å². The van der Waals surface area contributed by atoms with Crippen molar-refractivity contribution in [2.75, 3.05) is 20.2 Å². The highest BCUT2D eigenvalue weighted by atomic mass is 19.4. The highest BCUT2D eigenvalue weighted by Crippen LogP contribution is 2.43. The van der Waals surface area contributed by atoms with Gasteiger partial charge in [-0.2, -0.15) is 13.2 Å². The van der Waals surface area contributed by atoms with Crippen molar-refractivity contribution in [3.63, 3.8) is 0 Å². The molecule has 12 heteroatoms. The molecule has 46 heavy (non-hydrogen) atoms. The summed E-state index contributed by atoms with van der Waals surface area (Å²) in [5.74, 6) is -0.358. The largest absolute Gasteiger partial charge is 0.497 e. The van der Waals surface area contributed by atoms with E-state index in [1.165, 1.54) is 0 Å². The van der Waals surface area contributed by atoms with Crippen molar-refractivity contribution < 1.29 is 27.0 Å².